The van der Waals surface area contributed by atoms with Crippen molar-refractivity contribution < 1.29 is 29.0 Å². The molecule has 4 aliphatic rings. The second kappa shape index (κ2) is 6.42. The molecule has 0 aliphatic carbocycles. The van der Waals surface area contributed by atoms with Gasteiger partial charge in [0, 0.05) is 18.6 Å². The van der Waals surface area contributed by atoms with E-state index in [1.54, 1.807) is 23.1 Å². The number of esters is 1. The Hall–Kier alpha value is -2.19. The summed E-state index contributed by atoms with van der Waals surface area (Å²) < 4.78 is 11.6. The summed E-state index contributed by atoms with van der Waals surface area (Å²) >= 11 is 0. The predicted octanol–water partition coefficient (Wildman–Crippen LogP) is -0.131. The highest BCUT2D eigenvalue weighted by atomic mass is 16.6. The topological polar surface area (TPSA) is 96.4 Å². The number of β-amino-alcohol motifs (C(OH)–C–C–N with tert-alkyl or cyclic N) is 1. The molecule has 2 amide bonds. The van der Waals surface area contributed by atoms with E-state index in [0.717, 1.165) is 0 Å². The van der Waals surface area contributed by atoms with Crippen molar-refractivity contribution in [2.45, 2.75) is 44.1 Å². The summed E-state index contributed by atoms with van der Waals surface area (Å²) in [4.78, 5) is 42.7. The lowest BCUT2D eigenvalue weighted by Gasteiger charge is -2.40. The number of amides is 2. The summed E-state index contributed by atoms with van der Waals surface area (Å²) in [6, 6.07) is -0.928. The van der Waals surface area contributed by atoms with E-state index in [0.29, 0.717) is 6.54 Å². The van der Waals surface area contributed by atoms with E-state index in [9.17, 15) is 19.5 Å². The molecule has 0 aromatic heterocycles. The van der Waals surface area contributed by atoms with E-state index >= 15 is 0 Å². The highest BCUT2D eigenvalue weighted by molar-refractivity contribution is 5.99. The van der Waals surface area contributed by atoms with Gasteiger partial charge < -0.3 is 24.4 Å². The van der Waals surface area contributed by atoms with Crippen LogP contribution in [0.15, 0.2) is 24.3 Å². The third-order valence-electron chi connectivity index (χ3n) is 6.06. The molecule has 4 aliphatic heterocycles. The lowest BCUT2D eigenvalue weighted by molar-refractivity contribution is -0.154. The van der Waals surface area contributed by atoms with Gasteiger partial charge in [-0.2, -0.15) is 0 Å². The SMILES string of the molecule is CC(C)(C)N1CC=CC23O[C@@H]4C=CCOC(=O)[C@@H]4[C@H]2C(=O)N(CCO)[C@@H]3C1=O. The first-order valence-corrected chi connectivity index (χ1v) is 9.64. The number of likely N-dealkylation sites (tertiary alicyclic amines) is 1. The molecule has 0 radical (unpaired) electrons. The van der Waals surface area contributed by atoms with E-state index in [1.807, 2.05) is 26.8 Å². The summed E-state index contributed by atoms with van der Waals surface area (Å²) in [7, 11) is 0. The van der Waals surface area contributed by atoms with Gasteiger partial charge in [0.1, 0.15) is 24.2 Å². The van der Waals surface area contributed by atoms with Crippen molar-refractivity contribution in [3.63, 3.8) is 0 Å². The summed E-state index contributed by atoms with van der Waals surface area (Å²) in [6.07, 6.45) is 6.44. The monoisotopic (exact) mass is 390 g/mol. The van der Waals surface area contributed by atoms with Crippen molar-refractivity contribution in [2.24, 2.45) is 11.8 Å². The molecule has 0 aromatic carbocycles. The van der Waals surface area contributed by atoms with E-state index in [-0.39, 0.29) is 31.6 Å². The predicted molar refractivity (Wildman–Crippen MR) is 97.9 cm³/mol. The summed E-state index contributed by atoms with van der Waals surface area (Å²) in [5.74, 6) is -2.75. The van der Waals surface area contributed by atoms with Gasteiger partial charge in [-0.25, -0.2) is 0 Å². The molecule has 0 bridgehead atoms. The Kier molecular flexibility index (Phi) is 4.39. The fourth-order valence-electron chi connectivity index (χ4n) is 4.92. The van der Waals surface area contributed by atoms with Crippen LogP contribution in [0.25, 0.3) is 0 Å². The number of fused-ring (bicyclic) bond motifs is 2. The van der Waals surface area contributed by atoms with Crippen LogP contribution >= 0.6 is 0 Å². The minimum atomic E-state index is -1.25. The molecular weight excluding hydrogens is 364 g/mol. The Morgan fingerprint density at radius 1 is 1.21 bits per heavy atom. The normalized spacial score (nSPS) is 37.4. The average molecular weight is 390 g/mol. The van der Waals surface area contributed by atoms with Gasteiger partial charge in [-0.3, -0.25) is 14.4 Å². The average Bonchev–Trinajstić information content (AvgIpc) is 2.89. The van der Waals surface area contributed by atoms with Gasteiger partial charge in [0.2, 0.25) is 11.8 Å². The maximum atomic E-state index is 13.6. The van der Waals surface area contributed by atoms with E-state index < -0.39 is 41.1 Å². The largest absolute Gasteiger partial charge is 0.461 e. The number of carbonyl (C=O) groups excluding carboxylic acids is 3. The third kappa shape index (κ3) is 2.54. The first kappa shape index (κ1) is 19.1. The number of hydrogen-bond donors (Lipinski definition) is 1. The molecule has 2 saturated heterocycles. The molecule has 0 saturated carbocycles. The van der Waals surface area contributed by atoms with Crippen LogP contribution in [0.5, 0.6) is 0 Å². The molecule has 4 rings (SSSR count). The maximum Gasteiger partial charge on any atom is 0.313 e. The lowest BCUT2D eigenvalue weighted by atomic mass is 9.78. The number of rotatable bonds is 2. The number of ether oxygens (including phenoxy) is 2. The second-order valence-corrected chi connectivity index (χ2v) is 8.68. The van der Waals surface area contributed by atoms with Crippen LogP contribution in [0.4, 0.5) is 0 Å². The minimum absolute atomic E-state index is 0.00491. The highest BCUT2D eigenvalue weighted by Gasteiger charge is 2.72. The van der Waals surface area contributed by atoms with Gasteiger partial charge in [-0.1, -0.05) is 18.2 Å². The molecule has 8 heteroatoms. The summed E-state index contributed by atoms with van der Waals surface area (Å²) in [6.45, 7) is 6.04. The number of aliphatic hydroxyl groups is 1. The molecule has 5 atom stereocenters. The Labute approximate surface area is 163 Å². The molecule has 8 nitrogen and oxygen atoms in total. The second-order valence-electron chi connectivity index (χ2n) is 8.68. The molecule has 4 heterocycles. The lowest BCUT2D eigenvalue weighted by Crippen LogP contribution is -2.59. The first-order valence-electron chi connectivity index (χ1n) is 9.64. The Morgan fingerprint density at radius 2 is 1.96 bits per heavy atom. The number of hydrogen-bond acceptors (Lipinski definition) is 6. The zero-order valence-electron chi connectivity index (χ0n) is 16.3. The fourth-order valence-corrected chi connectivity index (χ4v) is 4.92. The zero-order chi connectivity index (χ0) is 20.3. The molecule has 28 heavy (non-hydrogen) atoms. The molecule has 2 fully saturated rings. The third-order valence-corrected chi connectivity index (χ3v) is 6.06. The van der Waals surface area contributed by atoms with Crippen LogP contribution in [0, 0.1) is 11.8 Å². The van der Waals surface area contributed by atoms with Crippen LogP contribution in [0.3, 0.4) is 0 Å². The number of aliphatic hydroxyl groups excluding tert-OH is 1. The van der Waals surface area contributed by atoms with Crippen molar-refractivity contribution >= 4 is 17.8 Å². The van der Waals surface area contributed by atoms with Crippen molar-refractivity contribution in [3.05, 3.63) is 24.3 Å². The summed E-state index contributed by atoms with van der Waals surface area (Å²) in [5, 5.41) is 9.53. The minimum Gasteiger partial charge on any atom is -0.461 e. The fraction of sp³-hybridized carbons (Fsp3) is 0.650. The quantitative estimate of drug-likeness (QED) is 0.521. The number of cyclic esters (lactones) is 1. The van der Waals surface area contributed by atoms with Crippen molar-refractivity contribution in [2.75, 3.05) is 26.3 Å². The van der Waals surface area contributed by atoms with Crippen molar-refractivity contribution in [3.8, 4) is 0 Å². The van der Waals surface area contributed by atoms with Crippen LogP contribution in [-0.2, 0) is 23.9 Å². The molecule has 1 spiro atoms. The van der Waals surface area contributed by atoms with Gasteiger partial charge in [-0.15, -0.1) is 0 Å². The van der Waals surface area contributed by atoms with Crippen molar-refractivity contribution in [1.82, 2.24) is 9.80 Å². The van der Waals surface area contributed by atoms with Gasteiger partial charge in [0.25, 0.3) is 0 Å². The van der Waals surface area contributed by atoms with Crippen LogP contribution in [0.1, 0.15) is 20.8 Å². The molecule has 1 unspecified atom stereocenters. The van der Waals surface area contributed by atoms with Crippen LogP contribution in [-0.4, -0.2) is 82.3 Å². The van der Waals surface area contributed by atoms with Gasteiger partial charge in [-0.05, 0) is 26.8 Å². The number of nitrogens with zero attached hydrogens (tertiary/aromatic N) is 2. The Balaban J connectivity index is 1.85. The summed E-state index contributed by atoms with van der Waals surface area (Å²) in [5.41, 5.74) is -1.71. The van der Waals surface area contributed by atoms with E-state index in [1.165, 1.54) is 4.90 Å². The zero-order valence-corrected chi connectivity index (χ0v) is 16.3. The van der Waals surface area contributed by atoms with Gasteiger partial charge >= 0.3 is 5.97 Å². The van der Waals surface area contributed by atoms with E-state index in [4.69, 9.17) is 9.47 Å². The smallest absolute Gasteiger partial charge is 0.313 e. The molecule has 0 aromatic rings. The maximum absolute atomic E-state index is 13.6. The van der Waals surface area contributed by atoms with Crippen LogP contribution in [0.2, 0.25) is 0 Å². The van der Waals surface area contributed by atoms with Gasteiger partial charge in [0.15, 0.2) is 0 Å². The molecular formula is C20H26N2O6. The highest BCUT2D eigenvalue weighted by Crippen LogP contribution is 2.53. The molecule has 1 N–H and O–H groups in total. The Bertz CT molecular complexity index is 769. The van der Waals surface area contributed by atoms with Crippen LogP contribution < -0.4 is 0 Å². The Morgan fingerprint density at radius 3 is 2.64 bits per heavy atom. The van der Waals surface area contributed by atoms with E-state index in [2.05, 4.69) is 0 Å². The first-order chi connectivity index (χ1) is 13.2. The molecule has 152 valence electrons. The van der Waals surface area contributed by atoms with Crippen molar-refractivity contribution in [1.29, 1.82) is 0 Å². The standard InChI is InChI=1S/C20H26N2O6/c1-19(2,3)22-8-5-7-20-14(13-12(28-20)6-4-11-27-18(13)26)16(24)21(9-10-23)15(20)17(22)25/h4-7,12-15,23H,8-11H2,1-3H3/t12-,13+,14+,15-,20?/m1/s1. The van der Waals surface area contributed by atoms with Gasteiger partial charge in [0.05, 0.1) is 18.6 Å². The number of carbonyl (C=O) groups is 3.